The Hall–Kier alpha value is -3.54. The summed E-state index contributed by atoms with van der Waals surface area (Å²) in [6.07, 6.45) is -1.72. The third kappa shape index (κ3) is 4.97. The first-order chi connectivity index (χ1) is 15.0. The van der Waals surface area contributed by atoms with E-state index in [9.17, 15) is 19.0 Å². The van der Waals surface area contributed by atoms with E-state index in [1.54, 1.807) is 72.8 Å². The first kappa shape index (κ1) is 20.7. The molecule has 0 aliphatic heterocycles. The Labute approximate surface area is 178 Å². The summed E-state index contributed by atoms with van der Waals surface area (Å²) in [6.45, 7) is 0. The summed E-state index contributed by atoms with van der Waals surface area (Å²) in [7, 11) is 0. The Morgan fingerprint density at radius 1 is 0.452 bits per heavy atom. The summed E-state index contributed by atoms with van der Waals surface area (Å²) in [6, 6.07) is 25.4. The lowest BCUT2D eigenvalue weighted by Crippen LogP contribution is -2.00. The van der Waals surface area contributed by atoms with Gasteiger partial charge in [0.2, 0.25) is 0 Å². The monoisotopic (exact) mass is 418 g/mol. The van der Waals surface area contributed by atoms with E-state index >= 15 is 0 Å². The Balaban J connectivity index is 1.42. The summed E-state index contributed by atoms with van der Waals surface area (Å²) in [5.74, 6) is 0.468. The van der Waals surface area contributed by atoms with E-state index in [-0.39, 0.29) is 11.6 Å². The maximum atomic E-state index is 13.1. The van der Waals surface area contributed by atoms with Crippen molar-refractivity contribution in [2.45, 2.75) is 12.2 Å². The molecule has 2 N–H and O–H groups in total. The molecule has 4 aromatic rings. The number of ether oxygens (including phenoxy) is 1. The molecule has 0 saturated carbocycles. The molecular weight excluding hydrogens is 398 g/mol. The highest BCUT2D eigenvalue weighted by atomic mass is 19.1. The van der Waals surface area contributed by atoms with Crippen LogP contribution in [0.3, 0.4) is 0 Å². The van der Waals surface area contributed by atoms with Crippen molar-refractivity contribution in [3.05, 3.63) is 131 Å². The van der Waals surface area contributed by atoms with Crippen LogP contribution in [0, 0.1) is 11.6 Å². The van der Waals surface area contributed by atoms with Crippen molar-refractivity contribution in [2.75, 3.05) is 0 Å². The molecule has 3 nitrogen and oxygen atoms in total. The quantitative estimate of drug-likeness (QED) is 0.409. The third-order valence-corrected chi connectivity index (χ3v) is 5.00. The van der Waals surface area contributed by atoms with Gasteiger partial charge in [0.25, 0.3) is 0 Å². The van der Waals surface area contributed by atoms with E-state index in [1.807, 2.05) is 0 Å². The van der Waals surface area contributed by atoms with Gasteiger partial charge < -0.3 is 14.9 Å². The molecule has 0 radical (unpaired) electrons. The maximum Gasteiger partial charge on any atom is 0.127 e. The largest absolute Gasteiger partial charge is 0.457 e. The lowest BCUT2D eigenvalue weighted by atomic mass is 10.0. The van der Waals surface area contributed by atoms with Crippen LogP contribution in [0.15, 0.2) is 97.1 Å². The first-order valence-electron chi connectivity index (χ1n) is 9.74. The Morgan fingerprint density at radius 3 is 1.00 bits per heavy atom. The molecule has 2 atom stereocenters. The van der Waals surface area contributed by atoms with Crippen LogP contribution in [-0.2, 0) is 0 Å². The van der Waals surface area contributed by atoms with Crippen molar-refractivity contribution in [2.24, 2.45) is 0 Å². The molecule has 5 heteroatoms. The number of halogens is 2. The van der Waals surface area contributed by atoms with Gasteiger partial charge in [0, 0.05) is 0 Å². The number of hydrogen-bond acceptors (Lipinski definition) is 3. The lowest BCUT2D eigenvalue weighted by molar-refractivity contribution is 0.220. The molecule has 0 aromatic heterocycles. The number of benzene rings is 4. The predicted molar refractivity (Wildman–Crippen MR) is 114 cm³/mol. The molecule has 0 bridgehead atoms. The fourth-order valence-corrected chi connectivity index (χ4v) is 3.25. The molecule has 4 rings (SSSR count). The molecule has 0 aliphatic rings. The number of aliphatic hydroxyl groups excluding tert-OH is 2. The van der Waals surface area contributed by atoms with Crippen LogP contribution >= 0.6 is 0 Å². The van der Waals surface area contributed by atoms with E-state index in [0.29, 0.717) is 33.8 Å². The van der Waals surface area contributed by atoms with Gasteiger partial charge in [0.05, 0.1) is 0 Å². The smallest absolute Gasteiger partial charge is 0.127 e. The summed E-state index contributed by atoms with van der Waals surface area (Å²) in [5.41, 5.74) is 2.53. The van der Waals surface area contributed by atoms with E-state index in [4.69, 9.17) is 4.74 Å². The normalized spacial score (nSPS) is 12.9. The molecule has 2 unspecified atom stereocenters. The van der Waals surface area contributed by atoms with Crippen LogP contribution < -0.4 is 4.74 Å². The van der Waals surface area contributed by atoms with E-state index < -0.39 is 12.2 Å². The minimum absolute atomic E-state index is 0.351. The van der Waals surface area contributed by atoms with Gasteiger partial charge in [-0.15, -0.1) is 0 Å². The summed E-state index contributed by atoms with van der Waals surface area (Å²) in [4.78, 5) is 0. The van der Waals surface area contributed by atoms with Crippen molar-refractivity contribution in [1.82, 2.24) is 0 Å². The molecule has 156 valence electrons. The fourth-order valence-electron chi connectivity index (χ4n) is 3.25. The number of aliphatic hydroxyl groups is 2. The Kier molecular flexibility index (Phi) is 6.07. The van der Waals surface area contributed by atoms with E-state index in [0.717, 1.165) is 0 Å². The van der Waals surface area contributed by atoms with Crippen LogP contribution in [0.5, 0.6) is 11.5 Å². The second kappa shape index (κ2) is 9.08. The molecule has 0 spiro atoms. The van der Waals surface area contributed by atoms with Gasteiger partial charge in [-0.3, -0.25) is 0 Å². The SMILES string of the molecule is OC(c1ccc(F)cc1)c1ccc(Oc2ccc(C(O)c3ccc(F)cc3)cc2)cc1. The van der Waals surface area contributed by atoms with Crippen LogP contribution in [0.2, 0.25) is 0 Å². The van der Waals surface area contributed by atoms with Gasteiger partial charge >= 0.3 is 0 Å². The fraction of sp³-hybridized carbons (Fsp3) is 0.0769. The second-order valence-electron chi connectivity index (χ2n) is 7.15. The zero-order valence-electron chi connectivity index (χ0n) is 16.5. The number of rotatable bonds is 6. The topological polar surface area (TPSA) is 49.7 Å². The molecule has 0 fully saturated rings. The molecule has 4 aromatic carbocycles. The summed E-state index contributed by atoms with van der Waals surface area (Å²) < 4.78 is 31.9. The highest BCUT2D eigenvalue weighted by Gasteiger charge is 2.12. The molecule has 31 heavy (non-hydrogen) atoms. The van der Waals surface area contributed by atoms with Crippen molar-refractivity contribution in [1.29, 1.82) is 0 Å². The van der Waals surface area contributed by atoms with Crippen LogP contribution in [0.25, 0.3) is 0 Å². The maximum absolute atomic E-state index is 13.1. The van der Waals surface area contributed by atoms with Crippen molar-refractivity contribution in [3.63, 3.8) is 0 Å². The van der Waals surface area contributed by atoms with Crippen molar-refractivity contribution in [3.8, 4) is 11.5 Å². The lowest BCUT2D eigenvalue weighted by Gasteiger charge is -2.14. The van der Waals surface area contributed by atoms with Gasteiger partial charge in [0.1, 0.15) is 35.3 Å². The average Bonchev–Trinajstić information content (AvgIpc) is 2.80. The molecular formula is C26H20F2O3. The predicted octanol–water partition coefficient (Wildman–Crippen LogP) is 5.92. The minimum atomic E-state index is -0.859. The highest BCUT2D eigenvalue weighted by Crippen LogP contribution is 2.28. The molecule has 0 amide bonds. The van der Waals surface area contributed by atoms with Crippen LogP contribution in [0.1, 0.15) is 34.5 Å². The van der Waals surface area contributed by atoms with Crippen LogP contribution in [0.4, 0.5) is 8.78 Å². The molecule has 0 aliphatic carbocycles. The number of hydrogen-bond donors (Lipinski definition) is 2. The Morgan fingerprint density at radius 2 is 0.710 bits per heavy atom. The summed E-state index contributed by atoms with van der Waals surface area (Å²) >= 11 is 0. The second-order valence-corrected chi connectivity index (χ2v) is 7.15. The van der Waals surface area contributed by atoms with Gasteiger partial charge in [-0.2, -0.15) is 0 Å². The van der Waals surface area contributed by atoms with Crippen LogP contribution in [-0.4, -0.2) is 10.2 Å². The molecule has 0 heterocycles. The zero-order valence-corrected chi connectivity index (χ0v) is 16.5. The molecule has 0 saturated heterocycles. The average molecular weight is 418 g/mol. The zero-order chi connectivity index (χ0) is 21.8. The van der Waals surface area contributed by atoms with E-state index in [2.05, 4.69) is 0 Å². The van der Waals surface area contributed by atoms with E-state index in [1.165, 1.54) is 24.3 Å². The summed E-state index contributed by atoms with van der Waals surface area (Å²) in [5, 5.41) is 20.9. The highest BCUT2D eigenvalue weighted by molar-refractivity contribution is 5.39. The van der Waals surface area contributed by atoms with Gasteiger partial charge in [-0.25, -0.2) is 8.78 Å². The Bertz CT molecular complexity index is 1030. The minimum Gasteiger partial charge on any atom is -0.457 e. The standard InChI is InChI=1S/C26H20F2O3/c27-21-9-1-17(2-10-21)25(29)19-5-13-23(14-6-19)31-24-15-7-20(8-16-24)26(30)18-3-11-22(28)12-4-18/h1-16,25-26,29-30H. The first-order valence-corrected chi connectivity index (χ1v) is 9.74. The van der Waals surface area contributed by atoms with Crippen molar-refractivity contribution < 1.29 is 23.7 Å². The van der Waals surface area contributed by atoms with Gasteiger partial charge in [-0.1, -0.05) is 48.5 Å². The third-order valence-electron chi connectivity index (χ3n) is 5.00. The van der Waals surface area contributed by atoms with Gasteiger partial charge in [0.15, 0.2) is 0 Å². The van der Waals surface area contributed by atoms with Crippen molar-refractivity contribution >= 4 is 0 Å². The van der Waals surface area contributed by atoms with Gasteiger partial charge in [-0.05, 0) is 70.8 Å².